The van der Waals surface area contributed by atoms with Gasteiger partial charge in [0, 0.05) is 24.7 Å². The predicted molar refractivity (Wildman–Crippen MR) is 105 cm³/mol. The van der Waals surface area contributed by atoms with E-state index >= 15 is 0 Å². The topological polar surface area (TPSA) is 117 Å². The van der Waals surface area contributed by atoms with Crippen molar-refractivity contribution in [2.45, 2.75) is 12.5 Å². The molecule has 3 rings (SSSR count). The van der Waals surface area contributed by atoms with Crippen molar-refractivity contribution in [1.82, 2.24) is 15.3 Å². The monoisotopic (exact) mass is 401 g/mol. The van der Waals surface area contributed by atoms with Crippen molar-refractivity contribution in [3.05, 3.63) is 34.4 Å². The van der Waals surface area contributed by atoms with E-state index < -0.39 is 0 Å². The number of nitrogens with one attached hydrogen (secondary N) is 2. The highest BCUT2D eigenvalue weighted by atomic mass is 35.5. The summed E-state index contributed by atoms with van der Waals surface area (Å²) in [6, 6.07) is 5.42. The summed E-state index contributed by atoms with van der Waals surface area (Å²) in [6.07, 6.45) is 2.53. The average Bonchev–Trinajstić information content (AvgIpc) is 2.98. The van der Waals surface area contributed by atoms with Gasteiger partial charge in [-0.25, -0.2) is 9.97 Å². The molecule has 1 fully saturated rings. The number of nitrogens with two attached hydrogens (primary N) is 2. The summed E-state index contributed by atoms with van der Waals surface area (Å²) >= 11 is 12.3. The smallest absolute Gasteiger partial charge is 0.185 e. The number of rotatable bonds is 3. The van der Waals surface area contributed by atoms with Crippen molar-refractivity contribution in [3.8, 4) is 11.3 Å². The van der Waals surface area contributed by atoms with Crippen LogP contribution in [0.3, 0.4) is 0 Å². The SMILES string of the molecule is Cl.N=C(N)NC1CCN(c2cnc(-c3cccc(Cl)c3Cl)c(N)n2)C1. The lowest BCUT2D eigenvalue weighted by atomic mass is 10.1. The number of hydrogen-bond acceptors (Lipinski definition) is 5. The molecule has 0 spiro atoms. The Balaban J connectivity index is 0.00000225. The van der Waals surface area contributed by atoms with Crippen LogP contribution in [0.15, 0.2) is 24.4 Å². The molecule has 0 aliphatic carbocycles. The number of anilines is 2. The Bertz CT molecular complexity index is 784. The maximum absolute atomic E-state index is 7.30. The fourth-order valence-electron chi connectivity index (χ4n) is 2.75. The minimum atomic E-state index is -0.0293. The molecular formula is C15H18Cl3N7. The van der Waals surface area contributed by atoms with E-state index in [1.54, 1.807) is 24.4 Å². The van der Waals surface area contributed by atoms with Crippen LogP contribution in [0.25, 0.3) is 11.3 Å². The van der Waals surface area contributed by atoms with Gasteiger partial charge >= 0.3 is 0 Å². The standard InChI is InChI=1S/C15H17Cl2N7.ClH/c16-10-3-1-2-9(12(10)17)13-14(18)23-11(6-21-13)24-5-4-8(7-24)22-15(19)20;/h1-3,6,8H,4-5,7H2,(H2,18,23)(H4,19,20,22);1H. The van der Waals surface area contributed by atoms with Crippen LogP contribution in [0.5, 0.6) is 0 Å². The largest absolute Gasteiger partial charge is 0.382 e. The minimum Gasteiger partial charge on any atom is -0.382 e. The van der Waals surface area contributed by atoms with Crippen LogP contribution < -0.4 is 21.7 Å². The van der Waals surface area contributed by atoms with Crippen LogP contribution in [-0.2, 0) is 0 Å². The average molecular weight is 403 g/mol. The molecule has 1 aromatic heterocycles. The van der Waals surface area contributed by atoms with Gasteiger partial charge in [-0.05, 0) is 12.5 Å². The van der Waals surface area contributed by atoms with Crippen LogP contribution in [0.2, 0.25) is 10.0 Å². The fraction of sp³-hybridized carbons (Fsp3) is 0.267. The number of halogens is 3. The normalized spacial score (nSPS) is 16.4. The van der Waals surface area contributed by atoms with E-state index in [1.807, 2.05) is 4.90 Å². The Morgan fingerprint density at radius 3 is 2.80 bits per heavy atom. The second-order valence-electron chi connectivity index (χ2n) is 5.55. The third-order valence-electron chi connectivity index (χ3n) is 3.87. The first-order valence-corrected chi connectivity index (χ1v) is 8.13. The van der Waals surface area contributed by atoms with Crippen LogP contribution in [0, 0.1) is 5.41 Å². The van der Waals surface area contributed by atoms with E-state index in [9.17, 15) is 0 Å². The van der Waals surface area contributed by atoms with Crippen LogP contribution in [0.1, 0.15) is 6.42 Å². The van der Waals surface area contributed by atoms with Gasteiger partial charge in [-0.1, -0.05) is 35.3 Å². The van der Waals surface area contributed by atoms with Crippen molar-refractivity contribution in [3.63, 3.8) is 0 Å². The van der Waals surface area contributed by atoms with Gasteiger partial charge in [0.05, 0.1) is 16.2 Å². The molecule has 134 valence electrons. The third-order valence-corrected chi connectivity index (χ3v) is 4.68. The van der Waals surface area contributed by atoms with E-state index in [0.717, 1.165) is 13.0 Å². The first-order valence-electron chi connectivity index (χ1n) is 7.38. The van der Waals surface area contributed by atoms with Gasteiger partial charge in [-0.2, -0.15) is 0 Å². The second kappa shape index (κ2) is 7.95. The van der Waals surface area contributed by atoms with Gasteiger partial charge in [0.25, 0.3) is 0 Å². The van der Waals surface area contributed by atoms with Crippen molar-refractivity contribution in [2.24, 2.45) is 5.73 Å². The molecule has 0 bridgehead atoms. The number of nitrogens with zero attached hydrogens (tertiary/aromatic N) is 3. The van der Waals surface area contributed by atoms with E-state index in [1.165, 1.54) is 0 Å². The van der Waals surface area contributed by atoms with Crippen LogP contribution in [-0.4, -0.2) is 35.1 Å². The molecule has 10 heteroatoms. The number of hydrogen-bond donors (Lipinski definition) is 4. The lowest BCUT2D eigenvalue weighted by molar-refractivity contribution is 0.664. The highest BCUT2D eigenvalue weighted by molar-refractivity contribution is 6.43. The minimum absolute atomic E-state index is 0. The summed E-state index contributed by atoms with van der Waals surface area (Å²) in [5.74, 6) is 0.945. The Kier molecular flexibility index (Phi) is 6.16. The van der Waals surface area contributed by atoms with E-state index in [-0.39, 0.29) is 24.4 Å². The molecule has 1 aliphatic heterocycles. The van der Waals surface area contributed by atoms with Crippen molar-refractivity contribution >= 4 is 53.2 Å². The molecule has 2 heterocycles. The van der Waals surface area contributed by atoms with Gasteiger partial charge in [0.15, 0.2) is 11.8 Å². The first-order chi connectivity index (χ1) is 11.5. The molecule has 1 unspecified atom stereocenters. The molecule has 0 radical (unpaired) electrons. The van der Waals surface area contributed by atoms with Crippen LogP contribution >= 0.6 is 35.6 Å². The molecule has 1 aliphatic rings. The summed E-state index contributed by atoms with van der Waals surface area (Å²) in [7, 11) is 0. The fourth-order valence-corrected chi connectivity index (χ4v) is 3.14. The summed E-state index contributed by atoms with van der Waals surface area (Å²) in [5.41, 5.74) is 12.6. The van der Waals surface area contributed by atoms with Gasteiger partial charge in [-0.15, -0.1) is 12.4 Å². The van der Waals surface area contributed by atoms with E-state index in [0.29, 0.717) is 39.5 Å². The van der Waals surface area contributed by atoms with Crippen molar-refractivity contribution < 1.29 is 0 Å². The highest BCUT2D eigenvalue weighted by Crippen LogP contribution is 2.35. The number of guanidine groups is 1. The molecule has 0 saturated carbocycles. The van der Waals surface area contributed by atoms with Gasteiger partial charge in [0.1, 0.15) is 11.5 Å². The lowest BCUT2D eigenvalue weighted by Crippen LogP contribution is -2.40. The zero-order valence-electron chi connectivity index (χ0n) is 13.2. The molecule has 7 nitrogen and oxygen atoms in total. The highest BCUT2D eigenvalue weighted by Gasteiger charge is 2.24. The summed E-state index contributed by atoms with van der Waals surface area (Å²) in [6.45, 7) is 1.47. The second-order valence-corrected chi connectivity index (χ2v) is 6.34. The molecule has 1 aromatic carbocycles. The molecule has 2 aromatic rings. The van der Waals surface area contributed by atoms with Gasteiger partial charge in [0.2, 0.25) is 0 Å². The molecule has 6 N–H and O–H groups in total. The first kappa shape index (κ1) is 19.4. The van der Waals surface area contributed by atoms with Crippen molar-refractivity contribution in [1.29, 1.82) is 5.41 Å². The summed E-state index contributed by atoms with van der Waals surface area (Å²) in [5, 5.41) is 11.1. The zero-order valence-corrected chi connectivity index (χ0v) is 15.5. The molecule has 1 saturated heterocycles. The quantitative estimate of drug-likeness (QED) is 0.463. The Morgan fingerprint density at radius 1 is 1.36 bits per heavy atom. The summed E-state index contributed by atoms with van der Waals surface area (Å²) in [4.78, 5) is 10.9. The summed E-state index contributed by atoms with van der Waals surface area (Å²) < 4.78 is 0. The zero-order chi connectivity index (χ0) is 17.3. The molecular weight excluding hydrogens is 385 g/mol. The van der Waals surface area contributed by atoms with E-state index in [2.05, 4.69) is 15.3 Å². The van der Waals surface area contributed by atoms with Gasteiger partial charge < -0.3 is 21.7 Å². The molecule has 0 amide bonds. The Morgan fingerprint density at radius 2 is 2.12 bits per heavy atom. The Hall–Kier alpha value is -1.96. The number of nitrogen functional groups attached to an aromatic ring is 1. The molecule has 25 heavy (non-hydrogen) atoms. The maximum atomic E-state index is 7.30. The van der Waals surface area contributed by atoms with Gasteiger partial charge in [-0.3, -0.25) is 5.41 Å². The van der Waals surface area contributed by atoms with Crippen LogP contribution in [0.4, 0.5) is 11.6 Å². The lowest BCUT2D eigenvalue weighted by Gasteiger charge is -2.19. The number of aromatic nitrogens is 2. The van der Waals surface area contributed by atoms with E-state index in [4.69, 9.17) is 40.1 Å². The Labute approximate surface area is 161 Å². The third kappa shape index (κ3) is 4.18. The predicted octanol–water partition coefficient (Wildman–Crippen LogP) is 2.52. The maximum Gasteiger partial charge on any atom is 0.185 e. The number of benzene rings is 1. The molecule has 1 atom stereocenters. The van der Waals surface area contributed by atoms with Crippen molar-refractivity contribution in [2.75, 3.05) is 23.7 Å².